The molecule has 1 N–H and O–H groups in total. The Kier molecular flexibility index (Phi) is 4.05. The van der Waals surface area contributed by atoms with E-state index >= 15 is 0 Å². The SMILES string of the molecule is C[C@H](Nc1ncnc2sccc12)c1ccc(-c2cc(C3CC3)cnn2)cc1. The number of thiophene rings is 1. The van der Waals surface area contributed by atoms with E-state index in [0.717, 1.165) is 27.3 Å². The van der Waals surface area contributed by atoms with Crippen molar-refractivity contribution < 1.29 is 0 Å². The van der Waals surface area contributed by atoms with Crippen LogP contribution in [0.3, 0.4) is 0 Å². The minimum atomic E-state index is 0.140. The predicted molar refractivity (Wildman–Crippen MR) is 109 cm³/mol. The van der Waals surface area contributed by atoms with Crippen LogP contribution < -0.4 is 5.32 Å². The summed E-state index contributed by atoms with van der Waals surface area (Å²) in [5.41, 5.74) is 4.56. The highest BCUT2D eigenvalue weighted by molar-refractivity contribution is 7.16. The van der Waals surface area contributed by atoms with Gasteiger partial charge in [-0.05, 0) is 54.3 Å². The molecule has 0 spiro atoms. The molecule has 0 amide bonds. The Morgan fingerprint density at radius 1 is 1.11 bits per heavy atom. The maximum atomic E-state index is 4.41. The second kappa shape index (κ2) is 6.70. The highest BCUT2D eigenvalue weighted by atomic mass is 32.1. The van der Waals surface area contributed by atoms with E-state index in [1.807, 2.05) is 11.6 Å². The molecule has 0 aliphatic heterocycles. The molecule has 4 aromatic rings. The van der Waals surface area contributed by atoms with Crippen molar-refractivity contribution in [3.8, 4) is 11.3 Å². The normalized spacial score (nSPS) is 15.0. The van der Waals surface area contributed by atoms with Crippen molar-refractivity contribution in [2.75, 3.05) is 5.32 Å². The van der Waals surface area contributed by atoms with E-state index in [0.29, 0.717) is 5.92 Å². The van der Waals surface area contributed by atoms with Gasteiger partial charge in [-0.1, -0.05) is 24.3 Å². The van der Waals surface area contributed by atoms with Crippen LogP contribution in [-0.2, 0) is 0 Å². The molecule has 0 unspecified atom stereocenters. The number of hydrogen-bond donors (Lipinski definition) is 1. The number of aromatic nitrogens is 4. The molecule has 0 saturated heterocycles. The van der Waals surface area contributed by atoms with Crippen LogP contribution in [-0.4, -0.2) is 20.2 Å². The van der Waals surface area contributed by atoms with Gasteiger partial charge in [0.15, 0.2) is 0 Å². The smallest absolute Gasteiger partial charge is 0.138 e. The Hall–Kier alpha value is -2.86. The summed E-state index contributed by atoms with van der Waals surface area (Å²) < 4.78 is 0. The van der Waals surface area contributed by atoms with Crippen molar-refractivity contribution >= 4 is 27.4 Å². The van der Waals surface area contributed by atoms with Gasteiger partial charge in [0, 0.05) is 11.6 Å². The molecular weight excluding hydrogens is 354 g/mol. The zero-order chi connectivity index (χ0) is 18.2. The zero-order valence-electron chi connectivity index (χ0n) is 15.0. The van der Waals surface area contributed by atoms with Gasteiger partial charge in [0.25, 0.3) is 0 Å². The van der Waals surface area contributed by atoms with Crippen molar-refractivity contribution in [3.05, 3.63) is 65.4 Å². The molecule has 1 fully saturated rings. The van der Waals surface area contributed by atoms with Crippen molar-refractivity contribution in [2.24, 2.45) is 0 Å². The lowest BCUT2D eigenvalue weighted by atomic mass is 10.0. The first kappa shape index (κ1) is 16.3. The van der Waals surface area contributed by atoms with Gasteiger partial charge in [-0.15, -0.1) is 11.3 Å². The number of nitrogens with zero attached hydrogens (tertiary/aromatic N) is 4. The Morgan fingerprint density at radius 2 is 1.96 bits per heavy atom. The van der Waals surface area contributed by atoms with Crippen LogP contribution in [0.5, 0.6) is 0 Å². The fourth-order valence-corrected chi connectivity index (χ4v) is 4.03. The van der Waals surface area contributed by atoms with Gasteiger partial charge in [0.05, 0.1) is 17.3 Å². The van der Waals surface area contributed by atoms with E-state index < -0.39 is 0 Å². The molecule has 1 atom stereocenters. The molecule has 1 aliphatic carbocycles. The molecule has 0 radical (unpaired) electrons. The molecule has 1 saturated carbocycles. The van der Waals surface area contributed by atoms with Crippen LogP contribution in [0.4, 0.5) is 5.82 Å². The first-order valence-electron chi connectivity index (χ1n) is 9.15. The van der Waals surface area contributed by atoms with E-state index in [2.05, 4.69) is 68.8 Å². The highest BCUT2D eigenvalue weighted by Gasteiger charge is 2.24. The van der Waals surface area contributed by atoms with Crippen molar-refractivity contribution in [2.45, 2.75) is 31.7 Å². The first-order valence-corrected chi connectivity index (χ1v) is 10.0. The molecule has 0 bridgehead atoms. The third-order valence-corrected chi connectivity index (χ3v) is 5.87. The van der Waals surface area contributed by atoms with E-state index in [9.17, 15) is 0 Å². The number of anilines is 1. The molecule has 3 heterocycles. The number of hydrogen-bond acceptors (Lipinski definition) is 6. The lowest BCUT2D eigenvalue weighted by Gasteiger charge is -2.16. The molecule has 5 nitrogen and oxygen atoms in total. The third-order valence-electron chi connectivity index (χ3n) is 5.05. The average Bonchev–Trinajstić information content (AvgIpc) is 3.45. The maximum absolute atomic E-state index is 4.41. The van der Waals surface area contributed by atoms with Crippen molar-refractivity contribution in [1.29, 1.82) is 0 Å². The van der Waals surface area contributed by atoms with E-state index in [1.54, 1.807) is 17.7 Å². The summed E-state index contributed by atoms with van der Waals surface area (Å²) in [4.78, 5) is 9.72. The molecular formula is C21H19N5S. The predicted octanol–water partition coefficient (Wildman–Crippen LogP) is 5.20. The van der Waals surface area contributed by atoms with Crippen LogP contribution in [0.2, 0.25) is 0 Å². The summed E-state index contributed by atoms with van der Waals surface area (Å²) in [7, 11) is 0. The van der Waals surface area contributed by atoms with Crippen LogP contribution in [0.15, 0.2) is 54.3 Å². The fraction of sp³-hybridized carbons (Fsp3) is 0.238. The molecule has 5 rings (SSSR count). The summed E-state index contributed by atoms with van der Waals surface area (Å²) in [6, 6.07) is 12.9. The van der Waals surface area contributed by atoms with Crippen molar-refractivity contribution in [1.82, 2.24) is 20.2 Å². The van der Waals surface area contributed by atoms with Gasteiger partial charge in [0.1, 0.15) is 17.0 Å². The Balaban J connectivity index is 1.36. The summed E-state index contributed by atoms with van der Waals surface area (Å²) >= 11 is 1.63. The summed E-state index contributed by atoms with van der Waals surface area (Å²) in [5, 5.41) is 15.1. The number of rotatable bonds is 5. The van der Waals surface area contributed by atoms with Gasteiger partial charge >= 0.3 is 0 Å². The van der Waals surface area contributed by atoms with E-state index in [1.165, 1.54) is 24.0 Å². The lowest BCUT2D eigenvalue weighted by molar-refractivity contribution is 0.876. The molecule has 3 aromatic heterocycles. The highest BCUT2D eigenvalue weighted by Crippen LogP contribution is 2.40. The number of fused-ring (bicyclic) bond motifs is 1. The van der Waals surface area contributed by atoms with Gasteiger partial charge in [-0.25, -0.2) is 9.97 Å². The third kappa shape index (κ3) is 3.28. The molecule has 27 heavy (non-hydrogen) atoms. The second-order valence-corrected chi connectivity index (χ2v) is 7.89. The second-order valence-electron chi connectivity index (χ2n) is 7.00. The largest absolute Gasteiger partial charge is 0.363 e. The minimum Gasteiger partial charge on any atom is -0.363 e. The molecule has 134 valence electrons. The summed E-state index contributed by atoms with van der Waals surface area (Å²) in [6.07, 6.45) is 6.05. The Bertz CT molecular complexity index is 1090. The number of benzene rings is 1. The summed E-state index contributed by atoms with van der Waals surface area (Å²) in [5.74, 6) is 1.56. The molecule has 6 heteroatoms. The van der Waals surface area contributed by atoms with Crippen LogP contribution in [0.1, 0.15) is 42.9 Å². The Labute approximate surface area is 161 Å². The van der Waals surface area contributed by atoms with Gasteiger partial charge < -0.3 is 5.32 Å². The Morgan fingerprint density at radius 3 is 2.78 bits per heavy atom. The molecule has 1 aromatic carbocycles. The fourth-order valence-electron chi connectivity index (χ4n) is 3.30. The minimum absolute atomic E-state index is 0.140. The first-order chi connectivity index (χ1) is 13.3. The van der Waals surface area contributed by atoms with Crippen LogP contribution in [0, 0.1) is 0 Å². The lowest BCUT2D eigenvalue weighted by Crippen LogP contribution is -2.08. The monoisotopic (exact) mass is 373 g/mol. The standard InChI is InChI=1S/C21H19N5S/c1-13(25-20-18-8-9-27-21(18)23-12-22-20)14-2-6-16(7-3-14)19-10-17(11-24-26-19)15-4-5-15/h2-3,6-13,15H,4-5H2,1H3,(H,22,23,25)/t13-/m0/s1. The van der Waals surface area contributed by atoms with E-state index in [4.69, 9.17) is 0 Å². The van der Waals surface area contributed by atoms with Gasteiger partial charge in [-0.2, -0.15) is 10.2 Å². The summed E-state index contributed by atoms with van der Waals surface area (Å²) in [6.45, 7) is 2.14. The van der Waals surface area contributed by atoms with Gasteiger partial charge in [-0.3, -0.25) is 0 Å². The average molecular weight is 373 g/mol. The topological polar surface area (TPSA) is 63.6 Å². The van der Waals surface area contributed by atoms with Crippen molar-refractivity contribution in [3.63, 3.8) is 0 Å². The van der Waals surface area contributed by atoms with Crippen LogP contribution in [0.25, 0.3) is 21.5 Å². The quantitative estimate of drug-likeness (QED) is 0.521. The maximum Gasteiger partial charge on any atom is 0.138 e. The molecule has 1 aliphatic rings. The van der Waals surface area contributed by atoms with Gasteiger partial charge in [0.2, 0.25) is 0 Å². The van der Waals surface area contributed by atoms with Crippen LogP contribution >= 0.6 is 11.3 Å². The number of nitrogens with one attached hydrogen (secondary N) is 1. The zero-order valence-corrected chi connectivity index (χ0v) is 15.8. The van der Waals surface area contributed by atoms with E-state index in [-0.39, 0.29) is 6.04 Å².